The van der Waals surface area contributed by atoms with Gasteiger partial charge in [0.15, 0.2) is 5.82 Å². The van der Waals surface area contributed by atoms with Gasteiger partial charge in [-0.2, -0.15) is 4.98 Å². The highest BCUT2D eigenvalue weighted by Gasteiger charge is 2.13. The van der Waals surface area contributed by atoms with Gasteiger partial charge in [0.1, 0.15) is 0 Å². The number of nitrogens with one attached hydrogen (secondary N) is 1. The molecule has 0 radical (unpaired) electrons. The monoisotopic (exact) mass is 197 g/mol. The first kappa shape index (κ1) is 9.61. The number of hydrogen-bond donors (Lipinski definition) is 1. The molecule has 0 amide bonds. The topological polar surface area (TPSA) is 60.2 Å². The molecule has 1 aliphatic heterocycles. The van der Waals surface area contributed by atoms with Crippen molar-refractivity contribution in [2.75, 3.05) is 19.8 Å². The van der Waals surface area contributed by atoms with Crippen molar-refractivity contribution in [3.05, 3.63) is 12.2 Å². The Hall–Kier alpha value is -0.940. The molecule has 0 spiro atoms. The Morgan fingerprint density at radius 1 is 1.57 bits per heavy atom. The Bertz CT molecular complexity index is 245. The summed E-state index contributed by atoms with van der Waals surface area (Å²) in [4.78, 5) is 3.93. The number of hydrogen-bond acceptors (Lipinski definition) is 5. The maximum Gasteiger partial charge on any atom is 0.213 e. The van der Waals surface area contributed by atoms with Crippen molar-refractivity contribution in [1.82, 2.24) is 15.5 Å². The molecular weight excluding hydrogens is 182 g/mol. The second-order valence-electron chi connectivity index (χ2n) is 3.56. The van der Waals surface area contributed by atoms with Crippen LogP contribution in [0.2, 0.25) is 0 Å². The van der Waals surface area contributed by atoms with Crippen LogP contribution in [0.3, 0.4) is 0 Å². The second kappa shape index (κ2) is 5.07. The van der Waals surface area contributed by atoms with E-state index >= 15 is 0 Å². The van der Waals surface area contributed by atoms with Gasteiger partial charge in [-0.25, -0.2) is 0 Å². The van der Waals surface area contributed by atoms with Gasteiger partial charge in [0, 0.05) is 13.2 Å². The molecule has 1 aliphatic rings. The van der Waals surface area contributed by atoms with Crippen molar-refractivity contribution >= 4 is 0 Å². The van der Waals surface area contributed by atoms with Crippen LogP contribution >= 0.6 is 0 Å². The maximum absolute atomic E-state index is 5.38. The minimum Gasteiger partial charge on any atom is -0.381 e. The molecule has 5 nitrogen and oxygen atoms in total. The van der Waals surface area contributed by atoms with Gasteiger partial charge in [-0.3, -0.25) is 0 Å². The average Bonchev–Trinajstić information content (AvgIpc) is 2.72. The normalized spacial score (nSPS) is 22.4. The predicted octanol–water partition coefficient (Wildman–Crippen LogP) is 0.586. The largest absolute Gasteiger partial charge is 0.381 e. The van der Waals surface area contributed by atoms with Gasteiger partial charge in [0.25, 0.3) is 0 Å². The summed E-state index contributed by atoms with van der Waals surface area (Å²) in [6.07, 6.45) is 3.77. The number of nitrogens with zero attached hydrogens (tertiary/aromatic N) is 2. The van der Waals surface area contributed by atoms with E-state index in [4.69, 9.17) is 4.74 Å². The van der Waals surface area contributed by atoms with Crippen molar-refractivity contribution < 1.29 is 9.26 Å². The van der Waals surface area contributed by atoms with Crippen LogP contribution in [0.5, 0.6) is 0 Å². The zero-order chi connectivity index (χ0) is 9.64. The van der Waals surface area contributed by atoms with E-state index in [0.717, 1.165) is 19.8 Å². The summed E-state index contributed by atoms with van der Waals surface area (Å²) in [5, 5.41) is 7.01. The molecule has 1 unspecified atom stereocenters. The maximum atomic E-state index is 5.38. The molecule has 1 N–H and O–H groups in total. The summed E-state index contributed by atoms with van der Waals surface area (Å²) in [6.45, 7) is 3.43. The van der Waals surface area contributed by atoms with Crippen LogP contribution in [0.25, 0.3) is 0 Å². The van der Waals surface area contributed by atoms with Gasteiger partial charge in [0.05, 0.1) is 13.2 Å². The standard InChI is InChI=1S/C9H15N3O2/c1-2-8(6-13-3-1)4-10-5-9-11-7-14-12-9/h7-8,10H,1-6H2. The predicted molar refractivity (Wildman–Crippen MR) is 49.5 cm³/mol. The van der Waals surface area contributed by atoms with E-state index in [0.29, 0.717) is 18.3 Å². The molecule has 1 aromatic heterocycles. The number of rotatable bonds is 4. The minimum absolute atomic E-state index is 0.635. The molecule has 78 valence electrons. The highest BCUT2D eigenvalue weighted by molar-refractivity contribution is 4.77. The van der Waals surface area contributed by atoms with E-state index in [1.165, 1.54) is 19.2 Å². The smallest absolute Gasteiger partial charge is 0.213 e. The van der Waals surface area contributed by atoms with Crippen molar-refractivity contribution in [3.8, 4) is 0 Å². The van der Waals surface area contributed by atoms with Crippen LogP contribution in [0, 0.1) is 5.92 Å². The summed E-state index contributed by atoms with van der Waals surface area (Å²) in [5.41, 5.74) is 0. The third kappa shape index (κ3) is 2.78. The van der Waals surface area contributed by atoms with Gasteiger partial charge in [-0.05, 0) is 18.8 Å². The van der Waals surface area contributed by atoms with Crippen LogP contribution < -0.4 is 5.32 Å². The zero-order valence-corrected chi connectivity index (χ0v) is 8.11. The summed E-state index contributed by atoms with van der Waals surface area (Å²) in [7, 11) is 0. The fourth-order valence-corrected chi connectivity index (χ4v) is 1.63. The fraction of sp³-hybridized carbons (Fsp3) is 0.778. The molecule has 1 atom stereocenters. The van der Waals surface area contributed by atoms with Crippen LogP contribution in [0.15, 0.2) is 10.9 Å². The van der Waals surface area contributed by atoms with Crippen molar-refractivity contribution in [2.45, 2.75) is 19.4 Å². The van der Waals surface area contributed by atoms with Gasteiger partial charge in [-0.1, -0.05) is 5.16 Å². The van der Waals surface area contributed by atoms with Crippen LogP contribution in [-0.4, -0.2) is 29.9 Å². The average molecular weight is 197 g/mol. The third-order valence-electron chi connectivity index (χ3n) is 2.38. The molecule has 2 heterocycles. The molecule has 0 saturated carbocycles. The lowest BCUT2D eigenvalue weighted by Gasteiger charge is -2.21. The summed E-state index contributed by atoms with van der Waals surface area (Å²) in [6, 6.07) is 0. The van der Waals surface area contributed by atoms with E-state index in [-0.39, 0.29) is 0 Å². The molecule has 1 fully saturated rings. The summed E-state index contributed by atoms with van der Waals surface area (Å²) >= 11 is 0. The van der Waals surface area contributed by atoms with E-state index in [1.54, 1.807) is 0 Å². The number of ether oxygens (including phenoxy) is 1. The van der Waals surface area contributed by atoms with Gasteiger partial charge >= 0.3 is 0 Å². The Labute approximate surface area is 82.8 Å². The Morgan fingerprint density at radius 3 is 3.29 bits per heavy atom. The van der Waals surface area contributed by atoms with Crippen molar-refractivity contribution in [1.29, 1.82) is 0 Å². The first-order chi connectivity index (χ1) is 6.95. The highest BCUT2D eigenvalue weighted by Crippen LogP contribution is 2.12. The summed E-state index contributed by atoms with van der Waals surface area (Å²) in [5.74, 6) is 1.34. The molecule has 0 aliphatic carbocycles. The van der Waals surface area contributed by atoms with E-state index in [2.05, 4.69) is 20.0 Å². The zero-order valence-electron chi connectivity index (χ0n) is 8.11. The first-order valence-electron chi connectivity index (χ1n) is 4.99. The van der Waals surface area contributed by atoms with Gasteiger partial charge in [0.2, 0.25) is 6.39 Å². The quantitative estimate of drug-likeness (QED) is 0.765. The molecular formula is C9H15N3O2. The van der Waals surface area contributed by atoms with Crippen LogP contribution in [0.4, 0.5) is 0 Å². The SMILES string of the molecule is c1nc(CNCC2CCCOC2)no1. The number of aromatic nitrogens is 2. The van der Waals surface area contributed by atoms with Gasteiger partial charge < -0.3 is 14.6 Å². The van der Waals surface area contributed by atoms with E-state index < -0.39 is 0 Å². The molecule has 2 rings (SSSR count). The summed E-state index contributed by atoms with van der Waals surface area (Å²) < 4.78 is 10.0. The highest BCUT2D eigenvalue weighted by atomic mass is 16.5. The van der Waals surface area contributed by atoms with Crippen molar-refractivity contribution in [3.63, 3.8) is 0 Å². The van der Waals surface area contributed by atoms with E-state index in [9.17, 15) is 0 Å². The molecule has 1 saturated heterocycles. The first-order valence-corrected chi connectivity index (χ1v) is 4.99. The van der Waals surface area contributed by atoms with Crippen LogP contribution in [-0.2, 0) is 11.3 Å². The van der Waals surface area contributed by atoms with Crippen molar-refractivity contribution in [2.24, 2.45) is 5.92 Å². The van der Waals surface area contributed by atoms with Gasteiger partial charge in [-0.15, -0.1) is 0 Å². The lowest BCUT2D eigenvalue weighted by atomic mass is 10.0. The van der Waals surface area contributed by atoms with Crippen LogP contribution in [0.1, 0.15) is 18.7 Å². The molecule has 0 aromatic carbocycles. The Morgan fingerprint density at radius 2 is 2.57 bits per heavy atom. The lowest BCUT2D eigenvalue weighted by molar-refractivity contribution is 0.0547. The fourth-order valence-electron chi connectivity index (χ4n) is 1.63. The molecule has 1 aromatic rings. The lowest BCUT2D eigenvalue weighted by Crippen LogP contribution is -2.29. The molecule has 0 bridgehead atoms. The Kier molecular flexibility index (Phi) is 3.48. The third-order valence-corrected chi connectivity index (χ3v) is 2.38. The molecule has 14 heavy (non-hydrogen) atoms. The van der Waals surface area contributed by atoms with E-state index in [1.807, 2.05) is 0 Å². The minimum atomic E-state index is 0.635. The molecule has 5 heteroatoms. The second-order valence-corrected chi connectivity index (χ2v) is 3.56. The Balaban J connectivity index is 1.62.